The van der Waals surface area contributed by atoms with Gasteiger partial charge in [-0.3, -0.25) is 0 Å². The maximum Gasteiger partial charge on any atom is 0.0704 e. The van der Waals surface area contributed by atoms with Gasteiger partial charge in [0, 0.05) is 6.61 Å². The predicted molar refractivity (Wildman–Crippen MR) is 86.4 cm³/mol. The topological polar surface area (TPSA) is 18.5 Å². The lowest BCUT2D eigenvalue weighted by Gasteiger charge is -2.39. The molecule has 0 amide bonds. The summed E-state index contributed by atoms with van der Waals surface area (Å²) in [6, 6.07) is 0. The lowest BCUT2D eigenvalue weighted by Crippen LogP contribution is -2.32. The normalized spacial score (nSPS) is 34.6. The number of hydrogen-bond donors (Lipinski definition) is 0. The van der Waals surface area contributed by atoms with Crippen LogP contribution in [0.2, 0.25) is 0 Å². The number of fused-ring (bicyclic) bond motifs is 1. The molecule has 0 heterocycles. The molecule has 21 heavy (non-hydrogen) atoms. The van der Waals surface area contributed by atoms with Gasteiger partial charge in [0.05, 0.1) is 19.3 Å². The first-order valence-corrected chi connectivity index (χ1v) is 9.61. The third-order valence-corrected chi connectivity index (χ3v) is 6.15. The quantitative estimate of drug-likeness (QED) is 0.645. The van der Waals surface area contributed by atoms with Crippen molar-refractivity contribution in [2.24, 2.45) is 17.8 Å². The van der Waals surface area contributed by atoms with Crippen LogP contribution < -0.4 is 0 Å². The van der Waals surface area contributed by atoms with Crippen LogP contribution in [-0.2, 0) is 9.47 Å². The summed E-state index contributed by atoms with van der Waals surface area (Å²) in [6.45, 7) is 2.59. The second kappa shape index (κ2) is 8.53. The minimum absolute atomic E-state index is 0.530. The summed E-state index contributed by atoms with van der Waals surface area (Å²) in [5.74, 6) is 2.83. The molecule has 2 heteroatoms. The Morgan fingerprint density at radius 3 is 2.29 bits per heavy atom. The van der Waals surface area contributed by atoms with Gasteiger partial charge >= 0.3 is 0 Å². The van der Waals surface area contributed by atoms with Gasteiger partial charge in [-0.05, 0) is 49.9 Å². The maximum absolute atomic E-state index is 6.10. The van der Waals surface area contributed by atoms with Crippen molar-refractivity contribution in [2.75, 3.05) is 19.8 Å². The van der Waals surface area contributed by atoms with Gasteiger partial charge in [-0.2, -0.15) is 0 Å². The Labute approximate surface area is 131 Å². The van der Waals surface area contributed by atoms with E-state index in [1.54, 1.807) is 0 Å². The summed E-state index contributed by atoms with van der Waals surface area (Å²) in [4.78, 5) is 0. The minimum Gasteiger partial charge on any atom is -0.379 e. The molecule has 0 radical (unpaired) electrons. The van der Waals surface area contributed by atoms with E-state index in [0.717, 1.165) is 37.6 Å². The van der Waals surface area contributed by atoms with Crippen molar-refractivity contribution in [3.63, 3.8) is 0 Å². The molecule has 0 saturated heterocycles. The smallest absolute Gasteiger partial charge is 0.0704 e. The Balaban J connectivity index is 1.24. The largest absolute Gasteiger partial charge is 0.379 e. The zero-order valence-corrected chi connectivity index (χ0v) is 13.7. The molecule has 0 aromatic carbocycles. The highest BCUT2D eigenvalue weighted by Crippen LogP contribution is 2.41. The molecular formula is C19H34O2. The summed E-state index contributed by atoms with van der Waals surface area (Å²) in [5.41, 5.74) is 0. The van der Waals surface area contributed by atoms with E-state index >= 15 is 0 Å². The second-order valence-corrected chi connectivity index (χ2v) is 7.69. The first-order chi connectivity index (χ1) is 10.4. The van der Waals surface area contributed by atoms with Crippen molar-refractivity contribution in [3.8, 4) is 0 Å². The highest BCUT2D eigenvalue weighted by Gasteiger charge is 2.32. The van der Waals surface area contributed by atoms with E-state index in [4.69, 9.17) is 9.47 Å². The van der Waals surface area contributed by atoms with Crippen LogP contribution in [0.1, 0.15) is 77.0 Å². The molecule has 3 unspecified atom stereocenters. The molecule has 3 atom stereocenters. The summed E-state index contributed by atoms with van der Waals surface area (Å²) < 4.78 is 11.9. The molecule has 3 aliphatic carbocycles. The van der Waals surface area contributed by atoms with E-state index in [-0.39, 0.29) is 0 Å². The lowest BCUT2D eigenvalue weighted by molar-refractivity contribution is -0.0412. The molecule has 3 rings (SSSR count). The Kier molecular flexibility index (Phi) is 6.42. The first kappa shape index (κ1) is 15.8. The molecule has 0 N–H and O–H groups in total. The third-order valence-electron chi connectivity index (χ3n) is 6.15. The van der Waals surface area contributed by atoms with E-state index in [2.05, 4.69) is 0 Å². The Morgan fingerprint density at radius 1 is 0.667 bits per heavy atom. The van der Waals surface area contributed by atoms with Crippen LogP contribution in [0, 0.1) is 17.8 Å². The molecule has 0 bridgehead atoms. The highest BCUT2D eigenvalue weighted by molar-refractivity contribution is 4.83. The van der Waals surface area contributed by atoms with Crippen molar-refractivity contribution < 1.29 is 9.47 Å². The zero-order chi connectivity index (χ0) is 14.3. The summed E-state index contributed by atoms with van der Waals surface area (Å²) in [5, 5.41) is 0. The Hall–Kier alpha value is -0.0800. The second-order valence-electron chi connectivity index (χ2n) is 7.69. The standard InChI is InChI=1S/C19H34O2/c1-2-6-16(7-3-1)15-20-12-13-21-19-11-10-17-8-4-5-9-18(17)14-19/h16-19H,1-15H2. The molecule has 0 aromatic rings. The van der Waals surface area contributed by atoms with Crippen LogP contribution in [-0.4, -0.2) is 25.9 Å². The van der Waals surface area contributed by atoms with E-state index in [1.165, 1.54) is 77.0 Å². The Bertz CT molecular complexity index is 285. The van der Waals surface area contributed by atoms with Gasteiger partial charge in [0.2, 0.25) is 0 Å². The van der Waals surface area contributed by atoms with E-state index in [1.807, 2.05) is 0 Å². The SMILES string of the molecule is C1CCC(COCCOC2CCC3CCCCC3C2)CC1. The van der Waals surface area contributed by atoms with Gasteiger partial charge in [0.1, 0.15) is 0 Å². The van der Waals surface area contributed by atoms with Crippen molar-refractivity contribution in [2.45, 2.75) is 83.2 Å². The fourth-order valence-electron chi connectivity index (χ4n) is 4.86. The number of hydrogen-bond acceptors (Lipinski definition) is 2. The molecule has 122 valence electrons. The summed E-state index contributed by atoms with van der Waals surface area (Å²) in [6.07, 6.45) is 17.5. The van der Waals surface area contributed by atoms with Gasteiger partial charge in [-0.15, -0.1) is 0 Å². The Morgan fingerprint density at radius 2 is 1.43 bits per heavy atom. The molecule has 3 saturated carbocycles. The van der Waals surface area contributed by atoms with Crippen LogP contribution in [0.25, 0.3) is 0 Å². The predicted octanol–water partition coefficient (Wildman–Crippen LogP) is 4.96. The van der Waals surface area contributed by atoms with Crippen molar-refractivity contribution in [1.82, 2.24) is 0 Å². The van der Waals surface area contributed by atoms with Gasteiger partial charge in [0.15, 0.2) is 0 Å². The minimum atomic E-state index is 0.530. The fraction of sp³-hybridized carbons (Fsp3) is 1.00. The average Bonchev–Trinajstić information content (AvgIpc) is 2.55. The van der Waals surface area contributed by atoms with Gasteiger partial charge in [-0.25, -0.2) is 0 Å². The van der Waals surface area contributed by atoms with Gasteiger partial charge < -0.3 is 9.47 Å². The van der Waals surface area contributed by atoms with E-state index in [9.17, 15) is 0 Å². The molecule has 0 aromatic heterocycles. The van der Waals surface area contributed by atoms with Gasteiger partial charge in [0.25, 0.3) is 0 Å². The highest BCUT2D eigenvalue weighted by atomic mass is 16.5. The maximum atomic E-state index is 6.10. The molecule has 3 aliphatic rings. The van der Waals surface area contributed by atoms with E-state index in [0.29, 0.717) is 6.10 Å². The summed E-state index contributed by atoms with van der Waals surface area (Å²) in [7, 11) is 0. The third kappa shape index (κ3) is 4.96. The van der Waals surface area contributed by atoms with Crippen LogP contribution in [0.5, 0.6) is 0 Å². The lowest BCUT2D eigenvalue weighted by atomic mass is 9.70. The average molecular weight is 294 g/mol. The summed E-state index contributed by atoms with van der Waals surface area (Å²) >= 11 is 0. The van der Waals surface area contributed by atoms with Crippen LogP contribution in [0.4, 0.5) is 0 Å². The van der Waals surface area contributed by atoms with Crippen LogP contribution in [0.3, 0.4) is 0 Å². The monoisotopic (exact) mass is 294 g/mol. The first-order valence-electron chi connectivity index (χ1n) is 9.61. The van der Waals surface area contributed by atoms with Crippen LogP contribution >= 0.6 is 0 Å². The molecule has 0 spiro atoms. The number of ether oxygens (including phenoxy) is 2. The van der Waals surface area contributed by atoms with Crippen molar-refractivity contribution >= 4 is 0 Å². The molecule has 0 aliphatic heterocycles. The zero-order valence-electron chi connectivity index (χ0n) is 13.7. The van der Waals surface area contributed by atoms with E-state index < -0.39 is 0 Å². The molecular weight excluding hydrogens is 260 g/mol. The fourth-order valence-corrected chi connectivity index (χ4v) is 4.86. The van der Waals surface area contributed by atoms with Gasteiger partial charge in [-0.1, -0.05) is 44.9 Å². The van der Waals surface area contributed by atoms with Crippen molar-refractivity contribution in [3.05, 3.63) is 0 Å². The van der Waals surface area contributed by atoms with Crippen molar-refractivity contribution in [1.29, 1.82) is 0 Å². The molecule has 3 fully saturated rings. The number of rotatable bonds is 6. The van der Waals surface area contributed by atoms with Crippen LogP contribution in [0.15, 0.2) is 0 Å². The molecule has 2 nitrogen and oxygen atoms in total.